The minimum absolute atomic E-state index is 0.0477. The molecule has 0 aliphatic heterocycles. The Morgan fingerprint density at radius 2 is 2.15 bits per heavy atom. The van der Waals surface area contributed by atoms with Crippen LogP contribution < -0.4 is 11.1 Å². The summed E-state index contributed by atoms with van der Waals surface area (Å²) in [6.07, 6.45) is 1.62. The number of nitro groups is 1. The van der Waals surface area contributed by atoms with E-state index in [0.717, 1.165) is 0 Å². The Bertz CT molecular complexity index is 628. The van der Waals surface area contributed by atoms with E-state index in [1.807, 2.05) is 13.8 Å². The molecule has 6 nitrogen and oxygen atoms in total. The SMILES string of the molecule is CC(C)C(N)CNc1ccc2ncccc2c1[N+](=O)[O-]. The van der Waals surface area contributed by atoms with E-state index in [9.17, 15) is 10.1 Å². The number of nitrogens with two attached hydrogens (primary N) is 1. The lowest BCUT2D eigenvalue weighted by Crippen LogP contribution is -2.34. The number of benzene rings is 1. The third-order valence-corrected chi connectivity index (χ3v) is 3.32. The second-order valence-corrected chi connectivity index (χ2v) is 5.08. The lowest BCUT2D eigenvalue weighted by atomic mass is 10.1. The Balaban J connectivity index is 2.38. The third kappa shape index (κ3) is 2.85. The Morgan fingerprint density at radius 3 is 2.80 bits per heavy atom. The van der Waals surface area contributed by atoms with E-state index < -0.39 is 0 Å². The van der Waals surface area contributed by atoms with Crippen LogP contribution in [-0.2, 0) is 0 Å². The van der Waals surface area contributed by atoms with Gasteiger partial charge in [-0.05, 0) is 30.2 Å². The summed E-state index contributed by atoms with van der Waals surface area (Å²) < 4.78 is 0. The number of aromatic nitrogens is 1. The smallest absolute Gasteiger partial charge is 0.301 e. The van der Waals surface area contributed by atoms with Crippen LogP contribution >= 0.6 is 0 Å². The lowest BCUT2D eigenvalue weighted by Gasteiger charge is -2.17. The van der Waals surface area contributed by atoms with Gasteiger partial charge in [-0.3, -0.25) is 15.1 Å². The molecular formula is C14H18N4O2. The van der Waals surface area contributed by atoms with Crippen LogP contribution in [-0.4, -0.2) is 22.5 Å². The number of fused-ring (bicyclic) bond motifs is 1. The van der Waals surface area contributed by atoms with Gasteiger partial charge in [-0.25, -0.2) is 0 Å². The summed E-state index contributed by atoms with van der Waals surface area (Å²) in [5.41, 5.74) is 7.09. The number of anilines is 1. The van der Waals surface area contributed by atoms with Crippen molar-refractivity contribution in [2.24, 2.45) is 11.7 Å². The molecule has 1 unspecified atom stereocenters. The van der Waals surface area contributed by atoms with Gasteiger partial charge in [0.05, 0.1) is 15.8 Å². The average molecular weight is 274 g/mol. The fourth-order valence-electron chi connectivity index (χ4n) is 1.94. The first-order valence-corrected chi connectivity index (χ1v) is 6.52. The van der Waals surface area contributed by atoms with Crippen LogP contribution in [0.4, 0.5) is 11.4 Å². The Labute approximate surface area is 117 Å². The number of rotatable bonds is 5. The van der Waals surface area contributed by atoms with Gasteiger partial charge in [-0.2, -0.15) is 0 Å². The molecule has 0 aliphatic carbocycles. The zero-order chi connectivity index (χ0) is 14.7. The normalized spacial score (nSPS) is 12.6. The molecule has 2 rings (SSSR count). The van der Waals surface area contributed by atoms with Gasteiger partial charge in [0, 0.05) is 18.8 Å². The highest BCUT2D eigenvalue weighted by Crippen LogP contribution is 2.32. The van der Waals surface area contributed by atoms with Crippen LogP contribution in [0.5, 0.6) is 0 Å². The van der Waals surface area contributed by atoms with Crippen molar-refractivity contribution < 1.29 is 4.92 Å². The molecule has 2 aromatic rings. The van der Waals surface area contributed by atoms with Crippen molar-refractivity contribution in [1.82, 2.24) is 4.98 Å². The van der Waals surface area contributed by atoms with Crippen LogP contribution in [0.25, 0.3) is 10.9 Å². The minimum atomic E-state index is -0.382. The first-order chi connectivity index (χ1) is 9.50. The zero-order valence-corrected chi connectivity index (χ0v) is 11.5. The fourth-order valence-corrected chi connectivity index (χ4v) is 1.94. The Morgan fingerprint density at radius 1 is 1.40 bits per heavy atom. The average Bonchev–Trinajstić information content (AvgIpc) is 2.43. The van der Waals surface area contributed by atoms with Crippen molar-refractivity contribution in [3.05, 3.63) is 40.6 Å². The molecule has 1 atom stereocenters. The van der Waals surface area contributed by atoms with Crippen LogP contribution in [0.3, 0.4) is 0 Å². The summed E-state index contributed by atoms with van der Waals surface area (Å²) in [7, 11) is 0. The van der Waals surface area contributed by atoms with Gasteiger partial charge >= 0.3 is 5.69 Å². The maximum atomic E-state index is 11.3. The predicted molar refractivity (Wildman–Crippen MR) is 79.7 cm³/mol. The van der Waals surface area contributed by atoms with Gasteiger partial charge in [0.2, 0.25) is 0 Å². The lowest BCUT2D eigenvalue weighted by molar-refractivity contribution is -0.382. The summed E-state index contributed by atoms with van der Waals surface area (Å²) in [5, 5.41) is 14.9. The van der Waals surface area contributed by atoms with E-state index in [4.69, 9.17) is 5.73 Å². The molecule has 0 amide bonds. The van der Waals surface area contributed by atoms with Crippen LogP contribution in [0, 0.1) is 16.0 Å². The molecule has 0 saturated carbocycles. The summed E-state index contributed by atoms with van der Waals surface area (Å²) in [6.45, 7) is 4.53. The van der Waals surface area contributed by atoms with Crippen molar-refractivity contribution >= 4 is 22.3 Å². The molecular weight excluding hydrogens is 256 g/mol. The maximum absolute atomic E-state index is 11.3. The highest BCUT2D eigenvalue weighted by atomic mass is 16.6. The van der Waals surface area contributed by atoms with Crippen LogP contribution in [0.1, 0.15) is 13.8 Å². The highest BCUT2D eigenvalue weighted by molar-refractivity contribution is 5.94. The van der Waals surface area contributed by atoms with E-state index in [1.54, 1.807) is 30.5 Å². The molecule has 1 heterocycles. The van der Waals surface area contributed by atoms with Crippen molar-refractivity contribution in [3.8, 4) is 0 Å². The second kappa shape index (κ2) is 5.83. The quantitative estimate of drug-likeness (QED) is 0.645. The van der Waals surface area contributed by atoms with Gasteiger partial charge in [0.1, 0.15) is 5.69 Å². The van der Waals surface area contributed by atoms with E-state index in [2.05, 4.69) is 10.3 Å². The van der Waals surface area contributed by atoms with Crippen LogP contribution in [0.2, 0.25) is 0 Å². The van der Waals surface area contributed by atoms with E-state index >= 15 is 0 Å². The number of hydrogen-bond acceptors (Lipinski definition) is 5. The van der Waals surface area contributed by atoms with E-state index in [1.165, 1.54) is 0 Å². The summed E-state index contributed by atoms with van der Waals surface area (Å²) in [4.78, 5) is 15.1. The Kier molecular flexibility index (Phi) is 4.14. The fraction of sp³-hybridized carbons (Fsp3) is 0.357. The highest BCUT2D eigenvalue weighted by Gasteiger charge is 2.19. The van der Waals surface area contributed by atoms with Gasteiger partial charge in [0.25, 0.3) is 0 Å². The van der Waals surface area contributed by atoms with E-state index in [-0.39, 0.29) is 16.7 Å². The molecule has 0 spiro atoms. The number of nitrogens with zero attached hydrogens (tertiary/aromatic N) is 2. The predicted octanol–water partition coefficient (Wildman–Crippen LogP) is 2.54. The van der Waals surface area contributed by atoms with Gasteiger partial charge in [0.15, 0.2) is 0 Å². The summed E-state index contributed by atoms with van der Waals surface area (Å²) >= 11 is 0. The summed E-state index contributed by atoms with van der Waals surface area (Å²) in [5.74, 6) is 0.309. The first-order valence-electron chi connectivity index (χ1n) is 6.52. The molecule has 0 fully saturated rings. The topological polar surface area (TPSA) is 94.1 Å². The number of nitro benzene ring substituents is 1. The van der Waals surface area contributed by atoms with Gasteiger partial charge in [-0.15, -0.1) is 0 Å². The molecule has 106 valence electrons. The molecule has 1 aromatic carbocycles. The third-order valence-electron chi connectivity index (χ3n) is 3.32. The van der Waals surface area contributed by atoms with Gasteiger partial charge in [-0.1, -0.05) is 13.8 Å². The molecule has 3 N–H and O–H groups in total. The van der Waals surface area contributed by atoms with Crippen LogP contribution in [0.15, 0.2) is 30.5 Å². The number of pyridine rings is 1. The molecule has 0 saturated heterocycles. The minimum Gasteiger partial charge on any atom is -0.378 e. The van der Waals surface area contributed by atoms with Gasteiger partial charge < -0.3 is 11.1 Å². The van der Waals surface area contributed by atoms with Crippen molar-refractivity contribution in [2.75, 3.05) is 11.9 Å². The van der Waals surface area contributed by atoms with Crippen molar-refractivity contribution in [1.29, 1.82) is 0 Å². The van der Waals surface area contributed by atoms with Crippen molar-refractivity contribution in [3.63, 3.8) is 0 Å². The molecule has 1 aromatic heterocycles. The molecule has 0 aliphatic rings. The molecule has 6 heteroatoms. The number of nitrogens with one attached hydrogen (secondary N) is 1. The zero-order valence-electron chi connectivity index (χ0n) is 11.5. The summed E-state index contributed by atoms with van der Waals surface area (Å²) in [6, 6.07) is 6.79. The number of hydrogen-bond donors (Lipinski definition) is 2. The second-order valence-electron chi connectivity index (χ2n) is 5.08. The van der Waals surface area contributed by atoms with E-state index in [0.29, 0.717) is 29.1 Å². The molecule has 0 radical (unpaired) electrons. The largest absolute Gasteiger partial charge is 0.378 e. The Hall–Kier alpha value is -2.21. The van der Waals surface area contributed by atoms with Crippen molar-refractivity contribution in [2.45, 2.75) is 19.9 Å². The molecule has 0 bridgehead atoms. The monoisotopic (exact) mass is 274 g/mol. The standard InChI is InChI=1S/C14H18N4O2/c1-9(2)11(15)8-17-13-6-5-12-10(4-3-7-16-12)14(13)18(19)20/h3-7,9,11,17H,8,15H2,1-2H3. The first kappa shape index (κ1) is 14.2. The maximum Gasteiger partial charge on any atom is 0.301 e. The molecule has 20 heavy (non-hydrogen) atoms.